The predicted octanol–water partition coefficient (Wildman–Crippen LogP) is 3.03. The van der Waals surface area contributed by atoms with Crippen molar-refractivity contribution in [2.75, 3.05) is 26.2 Å². The van der Waals surface area contributed by atoms with Gasteiger partial charge in [-0.2, -0.15) is 5.26 Å². The Bertz CT molecular complexity index is 600. The van der Waals surface area contributed by atoms with Gasteiger partial charge in [-0.1, -0.05) is 19.1 Å². The van der Waals surface area contributed by atoms with E-state index in [9.17, 15) is 4.79 Å². The molecule has 1 heterocycles. The van der Waals surface area contributed by atoms with Crippen LogP contribution in [-0.2, 0) is 11.3 Å². The maximum atomic E-state index is 12.5. The second-order valence-corrected chi connectivity index (χ2v) is 7.34. The van der Waals surface area contributed by atoms with Gasteiger partial charge in [-0.3, -0.25) is 9.69 Å². The molecule has 1 aromatic carbocycles. The zero-order valence-corrected chi connectivity index (χ0v) is 14.6. The first-order valence-corrected chi connectivity index (χ1v) is 9.15. The molecule has 0 spiro atoms. The zero-order chi connectivity index (χ0) is 16.9. The highest BCUT2D eigenvalue weighted by atomic mass is 16.2. The van der Waals surface area contributed by atoms with E-state index in [1.54, 1.807) is 0 Å². The van der Waals surface area contributed by atoms with Crippen LogP contribution in [0.5, 0.6) is 0 Å². The quantitative estimate of drug-likeness (QED) is 0.836. The number of carbonyl (C=O) groups is 1. The zero-order valence-electron chi connectivity index (χ0n) is 14.6. The molecule has 0 aromatic heterocycles. The van der Waals surface area contributed by atoms with E-state index in [1.165, 1.54) is 18.4 Å². The molecule has 4 heteroatoms. The van der Waals surface area contributed by atoms with Crippen LogP contribution < -0.4 is 0 Å². The molecule has 1 aromatic rings. The molecule has 1 saturated carbocycles. The van der Waals surface area contributed by atoms with Crippen molar-refractivity contribution in [2.45, 2.75) is 39.2 Å². The summed E-state index contributed by atoms with van der Waals surface area (Å²) < 4.78 is 0. The Morgan fingerprint density at radius 3 is 2.62 bits per heavy atom. The number of nitriles is 1. The number of amides is 1. The van der Waals surface area contributed by atoms with E-state index in [-0.39, 0.29) is 0 Å². The first-order valence-electron chi connectivity index (χ1n) is 9.15. The molecule has 1 atom stereocenters. The Balaban J connectivity index is 1.48. The standard InChI is InChI=1S/C20H27N3O/c1-16(19-7-8-19)13-20(24)23-10-2-9-22(11-12-23)15-18-5-3-17(14-21)4-6-18/h3-6,16,19H,2,7-13,15H2,1H3. The Morgan fingerprint density at radius 1 is 1.21 bits per heavy atom. The summed E-state index contributed by atoms with van der Waals surface area (Å²) >= 11 is 0. The van der Waals surface area contributed by atoms with Gasteiger partial charge in [0.15, 0.2) is 0 Å². The van der Waals surface area contributed by atoms with Gasteiger partial charge in [-0.15, -0.1) is 0 Å². The summed E-state index contributed by atoms with van der Waals surface area (Å²) in [6.45, 7) is 6.81. The van der Waals surface area contributed by atoms with Gasteiger partial charge in [-0.25, -0.2) is 0 Å². The van der Waals surface area contributed by atoms with Crippen LogP contribution in [0.3, 0.4) is 0 Å². The third kappa shape index (κ3) is 4.58. The normalized spacial score (nSPS) is 20.2. The van der Waals surface area contributed by atoms with Gasteiger partial charge in [0.2, 0.25) is 5.91 Å². The Labute approximate surface area is 145 Å². The monoisotopic (exact) mass is 325 g/mol. The van der Waals surface area contributed by atoms with Crippen LogP contribution in [0.2, 0.25) is 0 Å². The van der Waals surface area contributed by atoms with Gasteiger partial charge in [0.25, 0.3) is 0 Å². The van der Waals surface area contributed by atoms with E-state index in [0.717, 1.165) is 51.5 Å². The molecule has 4 nitrogen and oxygen atoms in total. The SMILES string of the molecule is CC(CC(=O)N1CCCN(Cc2ccc(C#N)cc2)CC1)C1CC1. The van der Waals surface area contributed by atoms with Gasteiger partial charge >= 0.3 is 0 Å². The lowest BCUT2D eigenvalue weighted by Gasteiger charge is -2.23. The van der Waals surface area contributed by atoms with Crippen molar-refractivity contribution in [1.82, 2.24) is 9.80 Å². The molecule has 24 heavy (non-hydrogen) atoms. The van der Waals surface area contributed by atoms with Crippen molar-refractivity contribution in [3.63, 3.8) is 0 Å². The average Bonchev–Trinajstić information content (AvgIpc) is 3.43. The highest BCUT2D eigenvalue weighted by Crippen LogP contribution is 2.38. The second kappa shape index (κ2) is 7.81. The van der Waals surface area contributed by atoms with E-state index in [2.05, 4.69) is 22.8 Å². The van der Waals surface area contributed by atoms with Crippen molar-refractivity contribution in [3.05, 3.63) is 35.4 Å². The van der Waals surface area contributed by atoms with Crippen LogP contribution in [0.15, 0.2) is 24.3 Å². The first-order chi connectivity index (χ1) is 11.7. The largest absolute Gasteiger partial charge is 0.341 e. The second-order valence-electron chi connectivity index (χ2n) is 7.34. The summed E-state index contributed by atoms with van der Waals surface area (Å²) in [4.78, 5) is 17.0. The van der Waals surface area contributed by atoms with Crippen LogP contribution >= 0.6 is 0 Å². The number of nitrogens with zero attached hydrogens (tertiary/aromatic N) is 3. The van der Waals surface area contributed by atoms with Crippen LogP contribution in [0.4, 0.5) is 0 Å². The predicted molar refractivity (Wildman–Crippen MR) is 94.1 cm³/mol. The van der Waals surface area contributed by atoms with Gasteiger partial charge in [0.05, 0.1) is 11.6 Å². The number of hydrogen-bond acceptors (Lipinski definition) is 3. The van der Waals surface area contributed by atoms with E-state index in [1.807, 2.05) is 24.3 Å². The van der Waals surface area contributed by atoms with Crippen LogP contribution in [0, 0.1) is 23.2 Å². The topological polar surface area (TPSA) is 47.3 Å². The smallest absolute Gasteiger partial charge is 0.222 e. The van der Waals surface area contributed by atoms with Crippen molar-refractivity contribution in [1.29, 1.82) is 5.26 Å². The molecule has 0 N–H and O–H groups in total. The van der Waals surface area contributed by atoms with Gasteiger partial charge in [-0.05, 0) is 48.8 Å². The summed E-state index contributed by atoms with van der Waals surface area (Å²) in [7, 11) is 0. The average molecular weight is 325 g/mol. The number of benzene rings is 1. The van der Waals surface area contributed by atoms with E-state index in [4.69, 9.17) is 5.26 Å². The molecule has 0 bridgehead atoms. The summed E-state index contributed by atoms with van der Waals surface area (Å²) in [5.74, 6) is 1.69. The van der Waals surface area contributed by atoms with Crippen molar-refractivity contribution >= 4 is 5.91 Å². The fourth-order valence-corrected chi connectivity index (χ4v) is 3.56. The Hall–Kier alpha value is -1.86. The van der Waals surface area contributed by atoms with Crippen molar-refractivity contribution < 1.29 is 4.79 Å². The minimum absolute atomic E-state index is 0.342. The van der Waals surface area contributed by atoms with E-state index >= 15 is 0 Å². The number of carbonyl (C=O) groups excluding carboxylic acids is 1. The minimum atomic E-state index is 0.342. The van der Waals surface area contributed by atoms with Gasteiger partial charge in [0.1, 0.15) is 0 Å². The van der Waals surface area contributed by atoms with Crippen molar-refractivity contribution in [2.24, 2.45) is 11.8 Å². The first kappa shape index (κ1) is 17.0. The molecule has 2 fully saturated rings. The van der Waals surface area contributed by atoms with Crippen LogP contribution in [0.25, 0.3) is 0 Å². The summed E-state index contributed by atoms with van der Waals surface area (Å²) in [6, 6.07) is 9.97. The molecule has 1 amide bonds. The lowest BCUT2D eigenvalue weighted by molar-refractivity contribution is -0.132. The third-order valence-electron chi connectivity index (χ3n) is 5.35. The highest BCUT2D eigenvalue weighted by molar-refractivity contribution is 5.76. The minimum Gasteiger partial charge on any atom is -0.341 e. The van der Waals surface area contributed by atoms with Gasteiger partial charge in [0, 0.05) is 39.1 Å². The number of hydrogen-bond donors (Lipinski definition) is 0. The summed E-state index contributed by atoms with van der Waals surface area (Å²) in [6.07, 6.45) is 4.39. The fraction of sp³-hybridized carbons (Fsp3) is 0.600. The van der Waals surface area contributed by atoms with E-state index < -0.39 is 0 Å². The lowest BCUT2D eigenvalue weighted by atomic mass is 10.0. The molecule has 128 valence electrons. The molecule has 1 aliphatic carbocycles. The molecule has 1 aliphatic heterocycles. The molecule has 3 rings (SSSR count). The summed E-state index contributed by atoms with van der Waals surface area (Å²) in [5.41, 5.74) is 1.94. The van der Waals surface area contributed by atoms with Crippen LogP contribution in [-0.4, -0.2) is 41.9 Å². The summed E-state index contributed by atoms with van der Waals surface area (Å²) in [5, 5.41) is 8.87. The van der Waals surface area contributed by atoms with Gasteiger partial charge < -0.3 is 4.90 Å². The molecule has 1 unspecified atom stereocenters. The third-order valence-corrected chi connectivity index (χ3v) is 5.35. The molecular weight excluding hydrogens is 298 g/mol. The van der Waals surface area contributed by atoms with Crippen LogP contribution in [0.1, 0.15) is 43.7 Å². The van der Waals surface area contributed by atoms with Crippen molar-refractivity contribution in [3.8, 4) is 6.07 Å². The van der Waals surface area contributed by atoms with E-state index in [0.29, 0.717) is 17.4 Å². The number of rotatable bonds is 5. The maximum absolute atomic E-state index is 12.5. The Morgan fingerprint density at radius 2 is 1.96 bits per heavy atom. The molecule has 1 saturated heterocycles. The highest BCUT2D eigenvalue weighted by Gasteiger charge is 2.30. The molecular formula is C20H27N3O. The molecule has 2 aliphatic rings. The lowest BCUT2D eigenvalue weighted by Crippen LogP contribution is -2.35. The Kier molecular flexibility index (Phi) is 5.52. The maximum Gasteiger partial charge on any atom is 0.222 e. The fourth-order valence-electron chi connectivity index (χ4n) is 3.56. The molecule has 0 radical (unpaired) electrons.